The second-order valence-corrected chi connectivity index (χ2v) is 5.36. The van der Waals surface area contributed by atoms with Crippen LogP contribution in [0.1, 0.15) is 5.89 Å². The fourth-order valence-electron chi connectivity index (χ4n) is 1.71. The Bertz CT molecular complexity index is 698. The molecule has 0 fully saturated rings. The van der Waals surface area contributed by atoms with E-state index in [0.29, 0.717) is 11.8 Å². The van der Waals surface area contributed by atoms with Gasteiger partial charge >= 0.3 is 0 Å². The van der Waals surface area contributed by atoms with Crippen molar-refractivity contribution in [1.82, 2.24) is 10.2 Å². The van der Waals surface area contributed by atoms with Crippen molar-refractivity contribution in [2.24, 2.45) is 0 Å². The Hall–Kier alpha value is -1.89. The topological polar surface area (TPSA) is 48.2 Å². The molecule has 1 aromatic heterocycles. The monoisotopic (exact) mass is 378 g/mol. The van der Waals surface area contributed by atoms with Crippen molar-refractivity contribution in [3.8, 4) is 17.2 Å². The lowest BCUT2D eigenvalue weighted by Crippen LogP contribution is -1.95. The smallest absolute Gasteiger partial charge is 0.254 e. The third-order valence-electron chi connectivity index (χ3n) is 2.65. The van der Waals surface area contributed by atoms with Gasteiger partial charge in [-0.05, 0) is 52.9 Å². The summed E-state index contributed by atoms with van der Waals surface area (Å²) in [5.74, 6) is 1.76. The fraction of sp³-hybridized carbons (Fsp3) is 0.0667. The van der Waals surface area contributed by atoms with E-state index in [2.05, 4.69) is 32.8 Å². The molecule has 0 saturated carbocycles. The molecule has 1 heterocycles. The summed E-state index contributed by atoms with van der Waals surface area (Å²) in [4.78, 5) is 0. The van der Waals surface area contributed by atoms with Gasteiger partial charge in [0.15, 0.2) is 6.61 Å². The molecule has 0 bridgehead atoms. The standard InChI is InChI=1S/C15H11IN2O2/c16-12-7-4-8-13(9-12)19-10-14-17-18-15(20-14)11-5-2-1-3-6-11/h1-9H,10H2. The minimum atomic E-state index is 0.264. The van der Waals surface area contributed by atoms with E-state index in [-0.39, 0.29) is 6.61 Å². The molecule has 0 unspecified atom stereocenters. The van der Waals surface area contributed by atoms with Crippen molar-refractivity contribution in [1.29, 1.82) is 0 Å². The zero-order chi connectivity index (χ0) is 13.8. The van der Waals surface area contributed by atoms with Crippen molar-refractivity contribution >= 4 is 22.6 Å². The predicted octanol–water partition coefficient (Wildman–Crippen LogP) is 3.92. The molecule has 0 saturated heterocycles. The third kappa shape index (κ3) is 3.16. The Morgan fingerprint density at radius 3 is 2.65 bits per heavy atom. The van der Waals surface area contributed by atoms with E-state index < -0.39 is 0 Å². The summed E-state index contributed by atoms with van der Waals surface area (Å²) < 4.78 is 12.3. The maximum atomic E-state index is 5.62. The number of ether oxygens (including phenoxy) is 1. The minimum Gasteiger partial charge on any atom is -0.484 e. The second-order valence-electron chi connectivity index (χ2n) is 4.11. The summed E-state index contributed by atoms with van der Waals surface area (Å²) in [7, 11) is 0. The van der Waals surface area contributed by atoms with Gasteiger partial charge in [0, 0.05) is 9.13 Å². The lowest BCUT2D eigenvalue weighted by atomic mass is 10.2. The van der Waals surface area contributed by atoms with Crippen LogP contribution in [-0.4, -0.2) is 10.2 Å². The molecule has 20 heavy (non-hydrogen) atoms. The molecule has 100 valence electrons. The highest BCUT2D eigenvalue weighted by atomic mass is 127. The zero-order valence-electron chi connectivity index (χ0n) is 10.5. The second kappa shape index (κ2) is 6.04. The molecule has 0 spiro atoms. The zero-order valence-corrected chi connectivity index (χ0v) is 12.6. The number of rotatable bonds is 4. The number of aromatic nitrogens is 2. The summed E-state index contributed by atoms with van der Waals surface area (Å²) >= 11 is 2.24. The van der Waals surface area contributed by atoms with Gasteiger partial charge in [-0.2, -0.15) is 0 Å². The average molecular weight is 378 g/mol. The van der Waals surface area contributed by atoms with Crippen LogP contribution in [0.3, 0.4) is 0 Å². The normalized spacial score (nSPS) is 10.4. The fourth-order valence-corrected chi connectivity index (χ4v) is 2.23. The van der Waals surface area contributed by atoms with Gasteiger partial charge in [0.2, 0.25) is 5.89 Å². The average Bonchev–Trinajstić information content (AvgIpc) is 2.95. The van der Waals surface area contributed by atoms with Crippen molar-refractivity contribution in [2.75, 3.05) is 0 Å². The summed E-state index contributed by atoms with van der Waals surface area (Å²) in [5, 5.41) is 8.00. The molecule has 5 heteroatoms. The van der Waals surface area contributed by atoms with Gasteiger partial charge in [0.05, 0.1) is 0 Å². The number of nitrogens with zero attached hydrogens (tertiary/aromatic N) is 2. The molecular weight excluding hydrogens is 367 g/mol. The first-order valence-electron chi connectivity index (χ1n) is 6.07. The van der Waals surface area contributed by atoms with Crippen LogP contribution in [0.2, 0.25) is 0 Å². The van der Waals surface area contributed by atoms with Crippen LogP contribution in [-0.2, 0) is 6.61 Å². The minimum absolute atomic E-state index is 0.264. The Balaban J connectivity index is 1.69. The van der Waals surface area contributed by atoms with Gasteiger partial charge in [-0.1, -0.05) is 24.3 Å². The highest BCUT2D eigenvalue weighted by molar-refractivity contribution is 14.1. The molecule has 3 rings (SSSR count). The lowest BCUT2D eigenvalue weighted by Gasteiger charge is -2.02. The van der Waals surface area contributed by atoms with Crippen molar-refractivity contribution in [3.63, 3.8) is 0 Å². The Morgan fingerprint density at radius 2 is 1.85 bits per heavy atom. The summed E-state index contributed by atoms with van der Waals surface area (Å²) in [5.41, 5.74) is 0.903. The Kier molecular flexibility index (Phi) is 3.96. The van der Waals surface area contributed by atoms with Gasteiger partial charge in [-0.25, -0.2) is 0 Å². The van der Waals surface area contributed by atoms with Crippen LogP contribution >= 0.6 is 22.6 Å². The maximum absolute atomic E-state index is 5.62. The number of benzene rings is 2. The first-order chi connectivity index (χ1) is 9.81. The van der Waals surface area contributed by atoms with Gasteiger partial charge in [-0.3, -0.25) is 0 Å². The molecule has 4 nitrogen and oxygen atoms in total. The van der Waals surface area contributed by atoms with Crippen LogP contribution in [0.25, 0.3) is 11.5 Å². The Labute approximate surface area is 129 Å². The van der Waals surface area contributed by atoms with E-state index in [0.717, 1.165) is 14.9 Å². The molecule has 0 N–H and O–H groups in total. The summed E-state index contributed by atoms with van der Waals surface area (Å²) in [6.45, 7) is 0.264. The predicted molar refractivity (Wildman–Crippen MR) is 83.2 cm³/mol. The third-order valence-corrected chi connectivity index (χ3v) is 3.32. The summed E-state index contributed by atoms with van der Waals surface area (Å²) in [6, 6.07) is 17.5. The van der Waals surface area contributed by atoms with Gasteiger partial charge < -0.3 is 9.15 Å². The molecule has 3 aromatic rings. The lowest BCUT2D eigenvalue weighted by molar-refractivity contribution is 0.264. The number of hydrogen-bond acceptors (Lipinski definition) is 4. The molecule has 0 aliphatic carbocycles. The number of hydrogen-bond donors (Lipinski definition) is 0. The van der Waals surface area contributed by atoms with E-state index >= 15 is 0 Å². The molecule has 0 radical (unpaired) electrons. The van der Waals surface area contributed by atoms with Gasteiger partial charge in [-0.15, -0.1) is 10.2 Å². The molecule has 0 aliphatic heterocycles. The molecule has 0 amide bonds. The maximum Gasteiger partial charge on any atom is 0.254 e. The quantitative estimate of drug-likeness (QED) is 0.646. The number of halogens is 1. The Morgan fingerprint density at radius 1 is 1.00 bits per heavy atom. The molecule has 0 aliphatic rings. The SMILES string of the molecule is Ic1cccc(OCc2nnc(-c3ccccc3)o2)c1. The van der Waals surface area contributed by atoms with E-state index in [4.69, 9.17) is 9.15 Å². The van der Waals surface area contributed by atoms with Crippen LogP contribution in [0.5, 0.6) is 5.75 Å². The van der Waals surface area contributed by atoms with Gasteiger partial charge in [0.1, 0.15) is 5.75 Å². The van der Waals surface area contributed by atoms with E-state index in [1.165, 1.54) is 0 Å². The van der Waals surface area contributed by atoms with Crippen molar-refractivity contribution in [3.05, 3.63) is 64.1 Å². The van der Waals surface area contributed by atoms with E-state index in [1.807, 2.05) is 54.6 Å². The highest BCUT2D eigenvalue weighted by Gasteiger charge is 2.08. The molecular formula is C15H11IN2O2. The van der Waals surface area contributed by atoms with E-state index in [1.54, 1.807) is 0 Å². The van der Waals surface area contributed by atoms with Crippen LogP contribution in [0.4, 0.5) is 0 Å². The van der Waals surface area contributed by atoms with Crippen LogP contribution in [0, 0.1) is 3.57 Å². The largest absolute Gasteiger partial charge is 0.484 e. The molecule has 0 atom stereocenters. The van der Waals surface area contributed by atoms with Gasteiger partial charge in [0.25, 0.3) is 5.89 Å². The summed E-state index contributed by atoms with van der Waals surface area (Å²) in [6.07, 6.45) is 0. The van der Waals surface area contributed by atoms with Crippen LogP contribution < -0.4 is 4.74 Å². The first kappa shape index (κ1) is 13.1. The first-order valence-corrected chi connectivity index (χ1v) is 7.15. The van der Waals surface area contributed by atoms with Crippen molar-refractivity contribution in [2.45, 2.75) is 6.61 Å². The highest BCUT2D eigenvalue weighted by Crippen LogP contribution is 2.19. The van der Waals surface area contributed by atoms with E-state index in [9.17, 15) is 0 Å². The molecule has 2 aromatic carbocycles. The van der Waals surface area contributed by atoms with Crippen molar-refractivity contribution < 1.29 is 9.15 Å². The van der Waals surface area contributed by atoms with Crippen LogP contribution in [0.15, 0.2) is 59.0 Å².